The number of rotatable bonds is 6. The van der Waals surface area contributed by atoms with Crippen LogP contribution in [0.4, 0.5) is 5.69 Å². The first kappa shape index (κ1) is 18.5. The molecule has 0 bridgehead atoms. The lowest BCUT2D eigenvalue weighted by atomic mass is 10.2. The zero-order chi connectivity index (χ0) is 17.5. The SMILES string of the molecule is Cc1ccc(SCC(=O)NCC(=O)Nc2ccc(Br)cc2C)cc1. The number of hydrogen-bond acceptors (Lipinski definition) is 3. The second kappa shape index (κ2) is 8.89. The second-order valence-electron chi connectivity index (χ2n) is 5.39. The van der Waals surface area contributed by atoms with Gasteiger partial charge in [0.1, 0.15) is 0 Å². The Morgan fingerprint density at radius 1 is 1.04 bits per heavy atom. The van der Waals surface area contributed by atoms with E-state index < -0.39 is 0 Å². The molecule has 0 saturated heterocycles. The Morgan fingerprint density at radius 3 is 2.42 bits per heavy atom. The standard InChI is InChI=1S/C18H19BrN2O2S/c1-12-3-6-15(7-4-12)24-11-18(23)20-10-17(22)21-16-8-5-14(19)9-13(16)2/h3-9H,10-11H2,1-2H3,(H,20,23)(H,21,22). The Kier molecular flexibility index (Phi) is 6.87. The second-order valence-corrected chi connectivity index (χ2v) is 7.35. The summed E-state index contributed by atoms with van der Waals surface area (Å²) in [6.07, 6.45) is 0. The van der Waals surface area contributed by atoms with Crippen LogP contribution in [0.2, 0.25) is 0 Å². The molecule has 24 heavy (non-hydrogen) atoms. The number of hydrogen-bond donors (Lipinski definition) is 2. The van der Waals surface area contributed by atoms with Crippen molar-refractivity contribution in [2.75, 3.05) is 17.6 Å². The number of nitrogens with one attached hydrogen (secondary N) is 2. The van der Waals surface area contributed by atoms with Crippen molar-refractivity contribution in [1.29, 1.82) is 0 Å². The van der Waals surface area contributed by atoms with Crippen LogP contribution in [0.1, 0.15) is 11.1 Å². The van der Waals surface area contributed by atoms with E-state index >= 15 is 0 Å². The molecule has 2 aromatic rings. The molecule has 2 rings (SSSR count). The first-order valence-electron chi connectivity index (χ1n) is 7.46. The van der Waals surface area contributed by atoms with Crippen LogP contribution >= 0.6 is 27.7 Å². The van der Waals surface area contributed by atoms with Crippen LogP contribution in [-0.2, 0) is 9.59 Å². The maximum Gasteiger partial charge on any atom is 0.243 e. The van der Waals surface area contributed by atoms with E-state index in [4.69, 9.17) is 0 Å². The lowest BCUT2D eigenvalue weighted by Gasteiger charge is -2.09. The Labute approximate surface area is 154 Å². The van der Waals surface area contributed by atoms with Crippen molar-refractivity contribution in [2.45, 2.75) is 18.7 Å². The van der Waals surface area contributed by atoms with Crippen molar-refractivity contribution >= 4 is 45.2 Å². The zero-order valence-corrected chi connectivity index (χ0v) is 16.0. The summed E-state index contributed by atoms with van der Waals surface area (Å²) in [6, 6.07) is 13.6. The Bertz CT molecular complexity index is 732. The topological polar surface area (TPSA) is 58.2 Å². The number of halogens is 1. The van der Waals surface area contributed by atoms with Crippen LogP contribution < -0.4 is 10.6 Å². The molecule has 0 aliphatic heterocycles. The number of benzene rings is 2. The summed E-state index contributed by atoms with van der Waals surface area (Å²) in [4.78, 5) is 24.8. The van der Waals surface area contributed by atoms with Crippen molar-refractivity contribution in [2.24, 2.45) is 0 Å². The fraction of sp³-hybridized carbons (Fsp3) is 0.222. The van der Waals surface area contributed by atoms with Crippen molar-refractivity contribution in [3.8, 4) is 0 Å². The largest absolute Gasteiger partial charge is 0.346 e. The Balaban J connectivity index is 1.74. The van der Waals surface area contributed by atoms with Gasteiger partial charge in [-0.1, -0.05) is 33.6 Å². The van der Waals surface area contributed by atoms with E-state index in [1.165, 1.54) is 17.3 Å². The number of aryl methyl sites for hydroxylation is 2. The summed E-state index contributed by atoms with van der Waals surface area (Å²) in [5.41, 5.74) is 2.88. The molecule has 126 valence electrons. The third kappa shape index (κ3) is 6.02. The minimum Gasteiger partial charge on any atom is -0.346 e. The van der Waals surface area contributed by atoms with Gasteiger partial charge in [-0.2, -0.15) is 0 Å². The van der Waals surface area contributed by atoms with Gasteiger partial charge in [0.2, 0.25) is 11.8 Å². The van der Waals surface area contributed by atoms with Gasteiger partial charge in [0.05, 0.1) is 12.3 Å². The molecule has 0 aliphatic carbocycles. The average Bonchev–Trinajstić information content (AvgIpc) is 2.55. The number of carbonyl (C=O) groups is 2. The summed E-state index contributed by atoms with van der Waals surface area (Å²) in [7, 11) is 0. The molecular weight excluding hydrogens is 388 g/mol. The van der Waals surface area contributed by atoms with Crippen molar-refractivity contribution in [3.63, 3.8) is 0 Å². The van der Waals surface area contributed by atoms with Crippen LogP contribution in [0.25, 0.3) is 0 Å². The average molecular weight is 407 g/mol. The van der Waals surface area contributed by atoms with E-state index in [0.717, 1.165) is 20.6 Å². The zero-order valence-electron chi connectivity index (χ0n) is 13.6. The molecule has 0 heterocycles. The van der Waals surface area contributed by atoms with Gasteiger partial charge in [0.15, 0.2) is 0 Å². The van der Waals surface area contributed by atoms with Crippen molar-refractivity contribution in [3.05, 3.63) is 58.1 Å². The molecular formula is C18H19BrN2O2S. The van der Waals surface area contributed by atoms with Gasteiger partial charge in [-0.25, -0.2) is 0 Å². The molecule has 0 fully saturated rings. The predicted octanol–water partition coefficient (Wildman–Crippen LogP) is 3.91. The summed E-state index contributed by atoms with van der Waals surface area (Å²) < 4.78 is 0.958. The first-order valence-corrected chi connectivity index (χ1v) is 9.24. The van der Waals surface area contributed by atoms with E-state index in [-0.39, 0.29) is 24.1 Å². The van der Waals surface area contributed by atoms with Gasteiger partial charge >= 0.3 is 0 Å². The fourth-order valence-corrected chi connectivity index (χ4v) is 3.18. The molecule has 2 aromatic carbocycles. The summed E-state index contributed by atoms with van der Waals surface area (Å²) in [6.45, 7) is 3.90. The molecule has 0 unspecified atom stereocenters. The van der Waals surface area contributed by atoms with Crippen molar-refractivity contribution < 1.29 is 9.59 Å². The molecule has 0 aliphatic rings. The van der Waals surface area contributed by atoms with Crippen LogP contribution in [0.5, 0.6) is 0 Å². The van der Waals surface area contributed by atoms with E-state index in [1.54, 1.807) is 0 Å². The van der Waals surface area contributed by atoms with Crippen LogP contribution in [0.3, 0.4) is 0 Å². The number of anilines is 1. The minimum atomic E-state index is -0.242. The minimum absolute atomic E-state index is 0.0389. The molecule has 0 spiro atoms. The molecule has 6 heteroatoms. The quantitative estimate of drug-likeness (QED) is 0.714. The number of carbonyl (C=O) groups excluding carboxylic acids is 2. The number of amides is 2. The molecule has 0 aromatic heterocycles. The highest BCUT2D eigenvalue weighted by Crippen LogP contribution is 2.20. The lowest BCUT2D eigenvalue weighted by molar-refractivity contribution is -0.122. The van der Waals surface area contributed by atoms with Gasteiger partial charge < -0.3 is 10.6 Å². The molecule has 0 radical (unpaired) electrons. The van der Waals surface area contributed by atoms with E-state index in [0.29, 0.717) is 0 Å². The molecule has 2 amide bonds. The van der Waals surface area contributed by atoms with Crippen LogP contribution in [0, 0.1) is 13.8 Å². The maximum atomic E-state index is 11.9. The van der Waals surface area contributed by atoms with Gasteiger partial charge in [0, 0.05) is 15.1 Å². The molecule has 0 saturated carbocycles. The normalized spacial score (nSPS) is 10.3. The molecule has 0 atom stereocenters. The smallest absolute Gasteiger partial charge is 0.243 e. The third-order valence-electron chi connectivity index (χ3n) is 3.30. The first-order chi connectivity index (χ1) is 11.4. The van der Waals surface area contributed by atoms with Gasteiger partial charge in [-0.3, -0.25) is 9.59 Å². The van der Waals surface area contributed by atoms with Crippen molar-refractivity contribution in [1.82, 2.24) is 5.32 Å². The lowest BCUT2D eigenvalue weighted by Crippen LogP contribution is -2.34. The highest BCUT2D eigenvalue weighted by Gasteiger charge is 2.08. The monoisotopic (exact) mass is 406 g/mol. The summed E-state index contributed by atoms with van der Waals surface area (Å²) >= 11 is 4.83. The van der Waals surface area contributed by atoms with E-state index in [2.05, 4.69) is 26.6 Å². The summed E-state index contributed by atoms with van der Waals surface area (Å²) in [5, 5.41) is 5.43. The van der Waals surface area contributed by atoms with Gasteiger partial charge in [-0.15, -0.1) is 11.8 Å². The Morgan fingerprint density at radius 2 is 1.75 bits per heavy atom. The third-order valence-corrected chi connectivity index (χ3v) is 4.80. The highest BCUT2D eigenvalue weighted by atomic mass is 79.9. The van der Waals surface area contributed by atoms with E-state index in [9.17, 15) is 9.59 Å². The molecule has 4 nitrogen and oxygen atoms in total. The van der Waals surface area contributed by atoms with Gasteiger partial charge in [-0.05, 0) is 49.7 Å². The Hall–Kier alpha value is -1.79. The number of thioether (sulfide) groups is 1. The van der Waals surface area contributed by atoms with Crippen LogP contribution in [-0.4, -0.2) is 24.1 Å². The fourth-order valence-electron chi connectivity index (χ4n) is 1.98. The summed E-state index contributed by atoms with van der Waals surface area (Å²) in [5.74, 6) is -0.120. The predicted molar refractivity (Wildman–Crippen MR) is 102 cm³/mol. The van der Waals surface area contributed by atoms with Gasteiger partial charge in [0.25, 0.3) is 0 Å². The van der Waals surface area contributed by atoms with E-state index in [1.807, 2.05) is 56.3 Å². The molecule has 2 N–H and O–H groups in total. The maximum absolute atomic E-state index is 11.9. The van der Waals surface area contributed by atoms with Crippen LogP contribution in [0.15, 0.2) is 51.8 Å². The highest BCUT2D eigenvalue weighted by molar-refractivity contribution is 9.10.